The molecule has 5 nitrogen and oxygen atoms in total. The van der Waals surface area contributed by atoms with E-state index in [0.29, 0.717) is 13.1 Å². The molecule has 90 valence electrons. The van der Waals surface area contributed by atoms with Crippen LogP contribution in [0.15, 0.2) is 10.2 Å². The van der Waals surface area contributed by atoms with E-state index < -0.39 is 0 Å². The van der Waals surface area contributed by atoms with Crippen molar-refractivity contribution in [1.82, 2.24) is 15.6 Å². The monoisotopic (exact) mass is 243 g/mol. The molecule has 1 unspecified atom stereocenters. The van der Waals surface area contributed by atoms with E-state index in [4.69, 9.17) is 0 Å². The van der Waals surface area contributed by atoms with Crippen LogP contribution in [0.5, 0.6) is 0 Å². The van der Waals surface area contributed by atoms with Crippen molar-refractivity contribution in [3.8, 4) is 0 Å². The fraction of sp³-hybridized carbons (Fsp3) is 0.600. The summed E-state index contributed by atoms with van der Waals surface area (Å²) in [5, 5.41) is 7.60. The first-order valence-corrected chi connectivity index (χ1v) is 6.19. The number of aromatic nitrogens is 1. The first-order valence-electron chi connectivity index (χ1n) is 5.31. The van der Waals surface area contributed by atoms with Gasteiger partial charge in [0.05, 0.1) is 6.04 Å². The quantitative estimate of drug-likeness (QED) is 0.679. The maximum absolute atomic E-state index is 11.5. The van der Waals surface area contributed by atoms with E-state index in [-0.39, 0.29) is 16.8 Å². The van der Waals surface area contributed by atoms with Crippen molar-refractivity contribution in [2.45, 2.75) is 32.9 Å². The Kier molecular flexibility index (Phi) is 5.21. The smallest absolute Gasteiger partial charge is 0.304 e. The van der Waals surface area contributed by atoms with Gasteiger partial charge in [0.25, 0.3) is 0 Å². The Hall–Kier alpha value is -1.14. The lowest BCUT2D eigenvalue weighted by atomic mass is 10.3. The predicted molar refractivity (Wildman–Crippen MR) is 64.5 cm³/mol. The molecule has 1 atom stereocenters. The van der Waals surface area contributed by atoms with Crippen LogP contribution in [0.4, 0.5) is 0 Å². The number of aromatic amines is 1. The summed E-state index contributed by atoms with van der Waals surface area (Å²) in [5.74, 6) is -0.0144. The normalized spacial score (nSPS) is 12.4. The molecule has 0 aliphatic carbocycles. The number of hydrogen-bond donors (Lipinski definition) is 3. The maximum atomic E-state index is 11.5. The lowest BCUT2D eigenvalue weighted by molar-refractivity contribution is -0.122. The van der Waals surface area contributed by atoms with Gasteiger partial charge >= 0.3 is 4.87 Å². The van der Waals surface area contributed by atoms with Gasteiger partial charge < -0.3 is 15.6 Å². The number of thiazole rings is 1. The van der Waals surface area contributed by atoms with E-state index in [1.54, 1.807) is 12.3 Å². The Balaban J connectivity index is 2.31. The topological polar surface area (TPSA) is 74.0 Å². The van der Waals surface area contributed by atoms with Gasteiger partial charge in [-0.15, -0.1) is 0 Å². The summed E-state index contributed by atoms with van der Waals surface area (Å²) in [6.45, 7) is 5.00. The van der Waals surface area contributed by atoms with Crippen molar-refractivity contribution in [3.63, 3.8) is 0 Å². The van der Waals surface area contributed by atoms with Crippen molar-refractivity contribution in [1.29, 1.82) is 0 Å². The largest absolute Gasteiger partial charge is 0.355 e. The fourth-order valence-corrected chi connectivity index (χ4v) is 1.74. The molecule has 0 fully saturated rings. The molecule has 0 bridgehead atoms. The number of nitrogens with one attached hydrogen (secondary N) is 3. The molecule has 1 amide bonds. The number of carbonyl (C=O) groups is 1. The first kappa shape index (κ1) is 12.9. The Bertz CT molecular complexity index is 385. The number of hydrogen-bond acceptors (Lipinski definition) is 4. The molecule has 1 heterocycles. The molecule has 0 aliphatic heterocycles. The second-order valence-corrected chi connectivity index (χ2v) is 4.41. The molecule has 1 aromatic rings. The zero-order valence-corrected chi connectivity index (χ0v) is 10.3. The molecule has 1 aromatic heterocycles. The number of H-pyrrole nitrogens is 1. The van der Waals surface area contributed by atoms with Crippen LogP contribution in [0.25, 0.3) is 0 Å². The van der Waals surface area contributed by atoms with Gasteiger partial charge in [0.1, 0.15) is 0 Å². The number of carbonyl (C=O) groups excluding carboxylic acids is 1. The van der Waals surface area contributed by atoms with Crippen LogP contribution in [0.2, 0.25) is 0 Å². The minimum atomic E-state index is -0.255. The third kappa shape index (κ3) is 4.16. The second-order valence-electron chi connectivity index (χ2n) is 3.57. The Labute approximate surface area is 98.3 Å². The van der Waals surface area contributed by atoms with E-state index >= 15 is 0 Å². The highest BCUT2D eigenvalue weighted by molar-refractivity contribution is 7.07. The summed E-state index contributed by atoms with van der Waals surface area (Å²) in [6, 6.07) is -0.255. The highest BCUT2D eigenvalue weighted by Gasteiger charge is 2.11. The van der Waals surface area contributed by atoms with E-state index in [1.807, 2.05) is 6.92 Å². The highest BCUT2D eigenvalue weighted by atomic mass is 32.1. The molecule has 0 spiro atoms. The Morgan fingerprint density at radius 2 is 2.38 bits per heavy atom. The van der Waals surface area contributed by atoms with E-state index in [0.717, 1.165) is 23.5 Å². The average molecular weight is 243 g/mol. The third-order valence-corrected chi connectivity index (χ3v) is 2.83. The van der Waals surface area contributed by atoms with Gasteiger partial charge in [0.2, 0.25) is 5.91 Å². The molecule has 1 rings (SSSR count). The third-order valence-electron chi connectivity index (χ3n) is 2.11. The van der Waals surface area contributed by atoms with Crippen molar-refractivity contribution in [2.24, 2.45) is 0 Å². The number of rotatable bonds is 6. The zero-order valence-electron chi connectivity index (χ0n) is 9.50. The summed E-state index contributed by atoms with van der Waals surface area (Å²) >= 11 is 1.13. The average Bonchev–Trinajstić information content (AvgIpc) is 2.68. The van der Waals surface area contributed by atoms with E-state index in [1.165, 1.54) is 0 Å². The molecular weight excluding hydrogens is 226 g/mol. The summed E-state index contributed by atoms with van der Waals surface area (Å²) in [4.78, 5) is 25.0. The van der Waals surface area contributed by atoms with Crippen LogP contribution in [0, 0.1) is 0 Å². The summed E-state index contributed by atoms with van der Waals surface area (Å²) in [7, 11) is 0. The van der Waals surface area contributed by atoms with Gasteiger partial charge in [-0.2, -0.15) is 0 Å². The second kappa shape index (κ2) is 6.44. The molecule has 0 aromatic carbocycles. The molecule has 6 heteroatoms. The minimum Gasteiger partial charge on any atom is -0.355 e. The molecule has 16 heavy (non-hydrogen) atoms. The van der Waals surface area contributed by atoms with Crippen LogP contribution >= 0.6 is 11.3 Å². The van der Waals surface area contributed by atoms with Crippen molar-refractivity contribution < 1.29 is 4.79 Å². The van der Waals surface area contributed by atoms with Crippen LogP contribution < -0.4 is 15.5 Å². The van der Waals surface area contributed by atoms with Crippen LogP contribution in [0.1, 0.15) is 26.0 Å². The van der Waals surface area contributed by atoms with Crippen molar-refractivity contribution in [3.05, 3.63) is 20.7 Å². The SMILES string of the molecule is CCCNC(=O)C(C)NCc1csc(=O)[nH]1. The summed E-state index contributed by atoms with van der Waals surface area (Å²) in [5.41, 5.74) is 0.810. The van der Waals surface area contributed by atoms with Gasteiger partial charge in [0.15, 0.2) is 0 Å². The molecule has 3 N–H and O–H groups in total. The Morgan fingerprint density at radius 3 is 2.94 bits per heavy atom. The highest BCUT2D eigenvalue weighted by Crippen LogP contribution is 1.95. The summed E-state index contributed by atoms with van der Waals surface area (Å²) in [6.07, 6.45) is 0.927. The van der Waals surface area contributed by atoms with E-state index in [9.17, 15) is 9.59 Å². The minimum absolute atomic E-state index is 0.0144. The molecule has 0 radical (unpaired) electrons. The standard InChI is InChI=1S/C10H17N3O2S/c1-3-4-11-9(14)7(2)12-5-8-6-16-10(15)13-8/h6-7,12H,3-5H2,1-2H3,(H,11,14)(H,13,15). The lowest BCUT2D eigenvalue weighted by Crippen LogP contribution is -2.42. The van der Waals surface area contributed by atoms with Crippen LogP contribution in [-0.2, 0) is 11.3 Å². The molecule has 0 saturated heterocycles. The van der Waals surface area contributed by atoms with Crippen molar-refractivity contribution >= 4 is 17.2 Å². The number of amides is 1. The predicted octanol–water partition coefficient (Wildman–Crippen LogP) is 0.441. The van der Waals surface area contributed by atoms with E-state index in [2.05, 4.69) is 15.6 Å². The van der Waals surface area contributed by atoms with Crippen LogP contribution in [0.3, 0.4) is 0 Å². The Morgan fingerprint density at radius 1 is 1.62 bits per heavy atom. The van der Waals surface area contributed by atoms with Gasteiger partial charge in [0, 0.05) is 24.2 Å². The molecular formula is C10H17N3O2S. The van der Waals surface area contributed by atoms with Gasteiger partial charge in [-0.25, -0.2) is 0 Å². The first-order chi connectivity index (χ1) is 7.63. The van der Waals surface area contributed by atoms with Gasteiger partial charge in [-0.1, -0.05) is 18.3 Å². The lowest BCUT2D eigenvalue weighted by Gasteiger charge is -2.12. The fourth-order valence-electron chi connectivity index (χ4n) is 1.16. The summed E-state index contributed by atoms with van der Waals surface area (Å²) < 4.78 is 0. The molecule has 0 saturated carbocycles. The van der Waals surface area contributed by atoms with Gasteiger partial charge in [-0.05, 0) is 13.3 Å². The molecule has 0 aliphatic rings. The van der Waals surface area contributed by atoms with Crippen molar-refractivity contribution in [2.75, 3.05) is 6.54 Å². The zero-order chi connectivity index (χ0) is 12.0. The maximum Gasteiger partial charge on any atom is 0.304 e. The van der Waals surface area contributed by atoms with Crippen LogP contribution in [-0.4, -0.2) is 23.5 Å². The van der Waals surface area contributed by atoms with Gasteiger partial charge in [-0.3, -0.25) is 9.59 Å².